The van der Waals surface area contributed by atoms with E-state index in [2.05, 4.69) is 25.9 Å². The first kappa shape index (κ1) is 35.9. The van der Waals surface area contributed by atoms with E-state index in [0.717, 1.165) is 0 Å². The number of aliphatic carboxylic acids is 1. The molecule has 0 saturated carbocycles. The van der Waals surface area contributed by atoms with Gasteiger partial charge in [0.25, 0.3) is 0 Å². The minimum Gasteiger partial charge on any atom is -0.480 e. The van der Waals surface area contributed by atoms with E-state index in [1.54, 1.807) is 13.8 Å². The van der Waals surface area contributed by atoms with Gasteiger partial charge in [0.1, 0.15) is 18.1 Å². The summed E-state index contributed by atoms with van der Waals surface area (Å²) >= 11 is 0. The van der Waals surface area contributed by atoms with Gasteiger partial charge in [-0.15, -0.1) is 0 Å². The quantitative estimate of drug-likeness (QED) is 0.0384. The molecule has 0 spiro atoms. The highest BCUT2D eigenvalue weighted by Crippen LogP contribution is 2.10. The van der Waals surface area contributed by atoms with Crippen LogP contribution in [0.25, 0.3) is 0 Å². The molecule has 228 valence electrons. The molecule has 4 amide bonds. The first-order chi connectivity index (χ1) is 18.7. The summed E-state index contributed by atoms with van der Waals surface area (Å²) in [5, 5.41) is 17.0. The molecule has 5 atom stereocenters. The third-order valence-corrected chi connectivity index (χ3v) is 5.97. The second kappa shape index (κ2) is 19.0. The molecule has 0 heterocycles. The normalized spacial score (nSPS) is 14.4. The molecule has 0 aliphatic heterocycles. The number of nitrogens with two attached hydrogens (primary N) is 6. The number of aliphatic imine (C=N–C) groups is 2. The Bertz CT molecular complexity index is 919. The average Bonchev–Trinajstić information content (AvgIpc) is 2.87. The summed E-state index contributed by atoms with van der Waals surface area (Å²) in [6.07, 6.45) is 0.970. The van der Waals surface area contributed by atoms with Crippen LogP contribution in [0.5, 0.6) is 0 Å². The molecule has 0 rings (SSSR count). The summed E-state index contributed by atoms with van der Waals surface area (Å²) < 4.78 is 0. The Kier molecular flexibility index (Phi) is 17.0. The summed E-state index contributed by atoms with van der Waals surface area (Å²) in [4.78, 5) is 69.6. The van der Waals surface area contributed by atoms with Crippen LogP contribution in [0.2, 0.25) is 0 Å². The Morgan fingerprint density at radius 1 is 0.750 bits per heavy atom. The number of hydrogen-bond donors (Lipinski definition) is 10. The van der Waals surface area contributed by atoms with Crippen molar-refractivity contribution < 1.29 is 29.1 Å². The van der Waals surface area contributed by atoms with E-state index in [4.69, 9.17) is 34.4 Å². The smallest absolute Gasteiger partial charge is 0.326 e. The molecule has 5 unspecified atom stereocenters. The number of carbonyl (C=O) groups is 5. The van der Waals surface area contributed by atoms with Crippen LogP contribution in [0.15, 0.2) is 9.98 Å². The van der Waals surface area contributed by atoms with Gasteiger partial charge in [0.2, 0.25) is 23.6 Å². The lowest BCUT2D eigenvalue weighted by Crippen LogP contribution is -2.57. The number of carboxylic acids is 1. The predicted octanol–water partition coefficient (Wildman–Crippen LogP) is -3.73. The van der Waals surface area contributed by atoms with E-state index in [0.29, 0.717) is 12.8 Å². The van der Waals surface area contributed by atoms with Gasteiger partial charge < -0.3 is 55.5 Å². The lowest BCUT2D eigenvalue weighted by Gasteiger charge is -2.26. The van der Waals surface area contributed by atoms with E-state index in [9.17, 15) is 29.1 Å². The van der Waals surface area contributed by atoms with Gasteiger partial charge in [-0.2, -0.15) is 0 Å². The molecule has 0 fully saturated rings. The molecule has 0 aromatic heterocycles. The van der Waals surface area contributed by atoms with E-state index >= 15 is 0 Å². The second-order valence-corrected chi connectivity index (χ2v) is 9.34. The van der Waals surface area contributed by atoms with Gasteiger partial charge in [0, 0.05) is 19.5 Å². The van der Waals surface area contributed by atoms with E-state index < -0.39 is 59.7 Å². The lowest BCUT2D eigenvalue weighted by atomic mass is 9.98. The van der Waals surface area contributed by atoms with Crippen LogP contribution in [0.3, 0.4) is 0 Å². The number of amides is 4. The van der Waals surface area contributed by atoms with Crippen LogP contribution in [-0.2, 0) is 24.0 Å². The zero-order chi connectivity index (χ0) is 30.8. The van der Waals surface area contributed by atoms with Crippen molar-refractivity contribution in [1.29, 1.82) is 0 Å². The van der Waals surface area contributed by atoms with Gasteiger partial charge >= 0.3 is 5.97 Å². The number of guanidine groups is 2. The number of nitrogens with one attached hydrogen (secondary N) is 3. The summed E-state index contributed by atoms with van der Waals surface area (Å²) in [6.45, 7) is 3.84. The van der Waals surface area contributed by atoms with Crippen LogP contribution in [0.1, 0.15) is 58.8 Å². The number of nitrogens with zero attached hydrogens (tertiary/aromatic N) is 2. The Morgan fingerprint density at radius 2 is 1.23 bits per heavy atom. The Labute approximate surface area is 233 Å². The van der Waals surface area contributed by atoms with Crippen molar-refractivity contribution in [3.8, 4) is 0 Å². The van der Waals surface area contributed by atoms with Crippen molar-refractivity contribution in [2.24, 2.45) is 50.3 Å². The van der Waals surface area contributed by atoms with Crippen molar-refractivity contribution in [1.82, 2.24) is 16.0 Å². The fourth-order valence-electron chi connectivity index (χ4n) is 3.47. The van der Waals surface area contributed by atoms with Crippen LogP contribution < -0.4 is 50.4 Å². The highest BCUT2D eigenvalue weighted by atomic mass is 16.4. The lowest BCUT2D eigenvalue weighted by molar-refractivity contribution is -0.144. The standard InChI is InChI=1S/C23H45N11O6/c1-3-12(2)17(21(39)40)34-20(38)14(7-5-11-31-23(28)29)33-19(37)15(8-9-16(25)35)32-18(36)13(24)6-4-10-30-22(26)27/h12-15,17H,3-11,24H2,1-2H3,(H2,25,35)(H,32,36)(H,33,37)(H,34,38)(H,39,40)(H4,26,27,30)(H4,28,29,31). The number of hydrogen-bond acceptors (Lipinski definition) is 8. The Balaban J connectivity index is 5.68. The SMILES string of the molecule is CCC(C)C(NC(=O)C(CCCN=C(N)N)NC(=O)C(CCC(N)=O)NC(=O)C(N)CCCN=C(N)N)C(=O)O. The number of primary amides is 1. The summed E-state index contributed by atoms with van der Waals surface area (Å²) in [7, 11) is 0. The maximum absolute atomic E-state index is 13.2. The van der Waals surface area contributed by atoms with Crippen LogP contribution in [0.4, 0.5) is 0 Å². The van der Waals surface area contributed by atoms with E-state index in [-0.39, 0.29) is 57.1 Å². The van der Waals surface area contributed by atoms with Crippen LogP contribution in [-0.4, -0.2) is 83.9 Å². The maximum Gasteiger partial charge on any atom is 0.326 e. The summed E-state index contributed by atoms with van der Waals surface area (Å²) in [5.74, 6) is -4.80. The van der Waals surface area contributed by atoms with Gasteiger partial charge in [-0.25, -0.2) is 4.79 Å². The first-order valence-corrected chi connectivity index (χ1v) is 13.0. The van der Waals surface area contributed by atoms with Crippen molar-refractivity contribution in [2.75, 3.05) is 13.1 Å². The highest BCUT2D eigenvalue weighted by molar-refractivity contribution is 5.94. The zero-order valence-corrected chi connectivity index (χ0v) is 23.1. The third-order valence-electron chi connectivity index (χ3n) is 5.97. The second-order valence-electron chi connectivity index (χ2n) is 9.34. The fraction of sp³-hybridized carbons (Fsp3) is 0.696. The van der Waals surface area contributed by atoms with Crippen molar-refractivity contribution in [3.05, 3.63) is 0 Å². The predicted molar refractivity (Wildman–Crippen MR) is 149 cm³/mol. The van der Waals surface area contributed by atoms with Gasteiger partial charge in [-0.1, -0.05) is 20.3 Å². The molecular weight excluding hydrogens is 526 g/mol. The van der Waals surface area contributed by atoms with Crippen molar-refractivity contribution in [2.45, 2.75) is 83.0 Å². The third kappa shape index (κ3) is 15.3. The fourth-order valence-corrected chi connectivity index (χ4v) is 3.47. The van der Waals surface area contributed by atoms with Gasteiger partial charge in [0.15, 0.2) is 11.9 Å². The number of rotatable bonds is 20. The minimum absolute atomic E-state index is 0.0436. The Hall–Kier alpha value is -4.15. The molecule has 17 nitrogen and oxygen atoms in total. The monoisotopic (exact) mass is 571 g/mol. The van der Waals surface area contributed by atoms with Crippen molar-refractivity contribution in [3.63, 3.8) is 0 Å². The summed E-state index contributed by atoms with van der Waals surface area (Å²) in [6, 6.07) is -4.67. The minimum atomic E-state index is -1.26. The average molecular weight is 572 g/mol. The zero-order valence-electron chi connectivity index (χ0n) is 23.1. The van der Waals surface area contributed by atoms with E-state index in [1.165, 1.54) is 0 Å². The topological polar surface area (TPSA) is 323 Å². The molecule has 0 aromatic carbocycles. The first-order valence-electron chi connectivity index (χ1n) is 13.0. The molecule has 0 saturated heterocycles. The Morgan fingerprint density at radius 3 is 1.70 bits per heavy atom. The van der Waals surface area contributed by atoms with Crippen molar-refractivity contribution >= 4 is 41.5 Å². The molecule has 0 aliphatic carbocycles. The van der Waals surface area contributed by atoms with Crippen LogP contribution >= 0.6 is 0 Å². The van der Waals surface area contributed by atoms with E-state index in [1.807, 2.05) is 0 Å². The largest absolute Gasteiger partial charge is 0.480 e. The van der Waals surface area contributed by atoms with Gasteiger partial charge in [0.05, 0.1) is 6.04 Å². The van der Waals surface area contributed by atoms with Gasteiger partial charge in [-0.3, -0.25) is 29.2 Å². The molecule has 40 heavy (non-hydrogen) atoms. The van der Waals surface area contributed by atoms with Gasteiger partial charge in [-0.05, 0) is 38.0 Å². The number of carbonyl (C=O) groups excluding carboxylic acids is 4. The molecule has 0 aromatic rings. The maximum atomic E-state index is 13.2. The number of carboxylic acid groups (broad SMARTS) is 1. The van der Waals surface area contributed by atoms with Crippen LogP contribution in [0, 0.1) is 5.92 Å². The molecular formula is C23H45N11O6. The molecule has 0 bridgehead atoms. The molecule has 16 N–H and O–H groups in total. The summed E-state index contributed by atoms with van der Waals surface area (Å²) in [5.41, 5.74) is 32.3. The molecule has 0 radical (unpaired) electrons. The molecule has 0 aliphatic rings. The highest BCUT2D eigenvalue weighted by Gasteiger charge is 2.31. The molecule has 17 heteroatoms.